The van der Waals surface area contributed by atoms with Gasteiger partial charge in [-0.25, -0.2) is 0 Å². The Balaban J connectivity index is 1.69. The van der Waals surface area contributed by atoms with E-state index in [1.54, 1.807) is 6.07 Å². The third-order valence-electron chi connectivity index (χ3n) is 4.94. The number of benzene rings is 2. The van der Waals surface area contributed by atoms with Gasteiger partial charge in [0.1, 0.15) is 0 Å². The monoisotopic (exact) mass is 477 g/mol. The molecule has 1 fully saturated rings. The zero-order chi connectivity index (χ0) is 21.0. The summed E-state index contributed by atoms with van der Waals surface area (Å²) in [5, 5.41) is 3.58. The Morgan fingerprint density at radius 1 is 1.07 bits per heavy atom. The highest BCUT2D eigenvalue weighted by molar-refractivity contribution is 9.10. The lowest BCUT2D eigenvalue weighted by Crippen LogP contribution is -2.50. The predicted octanol–water partition coefficient (Wildman–Crippen LogP) is 4.59. The molecule has 0 unspecified atom stereocenters. The molecule has 7 heteroatoms. The molecule has 1 saturated heterocycles. The lowest BCUT2D eigenvalue weighted by atomic mass is 10.1. The van der Waals surface area contributed by atoms with Gasteiger partial charge in [-0.3, -0.25) is 9.59 Å². The van der Waals surface area contributed by atoms with Crippen molar-refractivity contribution >= 4 is 50.7 Å². The molecule has 154 valence electrons. The Morgan fingerprint density at radius 3 is 2.34 bits per heavy atom. The second-order valence-corrected chi connectivity index (χ2v) is 8.83. The number of anilines is 2. The summed E-state index contributed by atoms with van der Waals surface area (Å²) in [5.41, 5.74) is 2.56. The smallest absolute Gasteiger partial charge is 0.228 e. The largest absolute Gasteiger partial charge is 0.366 e. The van der Waals surface area contributed by atoms with E-state index in [2.05, 4.69) is 26.1 Å². The van der Waals surface area contributed by atoms with Crippen LogP contribution in [0.1, 0.15) is 19.4 Å². The molecule has 0 spiro atoms. The molecule has 0 atom stereocenters. The van der Waals surface area contributed by atoms with Gasteiger partial charge in [-0.05, 0) is 35.9 Å². The van der Waals surface area contributed by atoms with Crippen molar-refractivity contribution in [2.24, 2.45) is 5.92 Å². The lowest BCUT2D eigenvalue weighted by Gasteiger charge is -2.37. The summed E-state index contributed by atoms with van der Waals surface area (Å²) in [6.45, 7) is 6.63. The van der Waals surface area contributed by atoms with E-state index in [0.717, 1.165) is 28.8 Å². The molecule has 0 bridgehead atoms. The molecule has 0 aliphatic carbocycles. The van der Waals surface area contributed by atoms with Crippen molar-refractivity contribution in [2.45, 2.75) is 20.3 Å². The van der Waals surface area contributed by atoms with E-state index in [9.17, 15) is 9.59 Å². The van der Waals surface area contributed by atoms with Crippen LogP contribution in [0.3, 0.4) is 0 Å². The summed E-state index contributed by atoms with van der Waals surface area (Å²) in [4.78, 5) is 28.9. The quantitative estimate of drug-likeness (QED) is 0.684. The Morgan fingerprint density at radius 2 is 1.72 bits per heavy atom. The molecule has 1 aliphatic heterocycles. The fourth-order valence-electron chi connectivity index (χ4n) is 3.40. The summed E-state index contributed by atoms with van der Waals surface area (Å²) in [7, 11) is 0. The number of rotatable bonds is 5. The van der Waals surface area contributed by atoms with Crippen molar-refractivity contribution in [3.63, 3.8) is 0 Å². The summed E-state index contributed by atoms with van der Waals surface area (Å²) in [5.74, 6) is 0.0961. The van der Waals surface area contributed by atoms with Crippen molar-refractivity contribution in [3.8, 4) is 0 Å². The van der Waals surface area contributed by atoms with Gasteiger partial charge in [-0.2, -0.15) is 0 Å². The van der Waals surface area contributed by atoms with Gasteiger partial charge < -0.3 is 15.1 Å². The third kappa shape index (κ3) is 5.73. The van der Waals surface area contributed by atoms with Crippen LogP contribution in [0.15, 0.2) is 46.9 Å². The number of carbonyl (C=O) groups is 2. The minimum Gasteiger partial charge on any atom is -0.366 e. The molecular formula is C22H25BrClN3O2. The first-order valence-corrected chi connectivity index (χ1v) is 10.9. The molecule has 1 aliphatic rings. The van der Waals surface area contributed by atoms with Crippen LogP contribution in [-0.4, -0.2) is 42.9 Å². The fraction of sp³-hybridized carbons (Fsp3) is 0.364. The second-order valence-electron chi connectivity index (χ2n) is 7.48. The normalized spacial score (nSPS) is 14.2. The average molecular weight is 479 g/mol. The minimum absolute atomic E-state index is 0.00513. The van der Waals surface area contributed by atoms with Crippen LogP contribution in [0.4, 0.5) is 11.4 Å². The lowest BCUT2D eigenvalue weighted by molar-refractivity contribution is -0.134. The molecule has 2 amide bonds. The molecule has 29 heavy (non-hydrogen) atoms. The number of nitrogens with zero attached hydrogens (tertiary/aromatic N) is 2. The molecule has 1 heterocycles. The van der Waals surface area contributed by atoms with Crippen molar-refractivity contribution in [1.82, 2.24) is 4.90 Å². The molecule has 0 saturated carbocycles. The third-order valence-corrected chi connectivity index (χ3v) is 5.70. The van der Waals surface area contributed by atoms with Gasteiger partial charge in [-0.1, -0.05) is 53.5 Å². The van der Waals surface area contributed by atoms with Gasteiger partial charge in [0.15, 0.2) is 0 Å². The van der Waals surface area contributed by atoms with Crippen molar-refractivity contribution in [1.29, 1.82) is 0 Å². The Kier molecular flexibility index (Phi) is 7.19. The van der Waals surface area contributed by atoms with E-state index in [-0.39, 0.29) is 24.2 Å². The van der Waals surface area contributed by atoms with E-state index in [1.807, 2.05) is 55.1 Å². The number of hydrogen-bond acceptors (Lipinski definition) is 3. The second kappa shape index (κ2) is 9.63. The number of halogens is 2. The summed E-state index contributed by atoms with van der Waals surface area (Å²) < 4.78 is 0.980. The maximum absolute atomic E-state index is 12.6. The van der Waals surface area contributed by atoms with E-state index < -0.39 is 0 Å². The molecule has 2 aromatic rings. The van der Waals surface area contributed by atoms with Crippen LogP contribution >= 0.6 is 27.5 Å². The van der Waals surface area contributed by atoms with Crippen molar-refractivity contribution in [3.05, 3.63) is 57.5 Å². The van der Waals surface area contributed by atoms with Crippen LogP contribution in [0.25, 0.3) is 0 Å². The summed E-state index contributed by atoms with van der Waals surface area (Å²) in [6.07, 6.45) is 0.288. The van der Waals surface area contributed by atoms with Crippen molar-refractivity contribution in [2.75, 3.05) is 36.4 Å². The van der Waals surface area contributed by atoms with E-state index in [0.29, 0.717) is 23.8 Å². The number of amides is 2. The minimum atomic E-state index is -0.0931. The predicted molar refractivity (Wildman–Crippen MR) is 122 cm³/mol. The van der Waals surface area contributed by atoms with Crippen LogP contribution in [0.2, 0.25) is 5.02 Å². The fourth-order valence-corrected chi connectivity index (χ4v) is 3.84. The molecule has 0 radical (unpaired) electrons. The van der Waals surface area contributed by atoms with E-state index in [4.69, 9.17) is 11.6 Å². The van der Waals surface area contributed by atoms with Crippen molar-refractivity contribution < 1.29 is 9.59 Å². The Hall–Kier alpha value is -2.05. The topological polar surface area (TPSA) is 52.7 Å². The molecular weight excluding hydrogens is 454 g/mol. The Labute approximate surface area is 185 Å². The SMILES string of the molecule is CC(C)C(=O)N1CCN(c2ccc(Cl)cc2NC(=O)Cc2ccc(Br)cc2)CC1. The highest BCUT2D eigenvalue weighted by Crippen LogP contribution is 2.30. The number of nitrogens with one attached hydrogen (secondary N) is 1. The molecule has 3 rings (SSSR count). The molecule has 0 aromatic heterocycles. The maximum atomic E-state index is 12.6. The van der Waals surface area contributed by atoms with Crippen LogP contribution in [0, 0.1) is 5.92 Å². The van der Waals surface area contributed by atoms with Gasteiger partial charge in [0, 0.05) is 41.6 Å². The number of carbonyl (C=O) groups excluding carboxylic acids is 2. The first kappa shape index (κ1) is 21.7. The van der Waals surface area contributed by atoms with Gasteiger partial charge >= 0.3 is 0 Å². The van der Waals surface area contributed by atoms with Crippen LogP contribution in [-0.2, 0) is 16.0 Å². The van der Waals surface area contributed by atoms with Gasteiger partial charge in [0.05, 0.1) is 17.8 Å². The standard InChI is InChI=1S/C22H25BrClN3O2/c1-15(2)22(29)27-11-9-26(10-12-27)20-8-7-18(24)14-19(20)25-21(28)13-16-3-5-17(23)6-4-16/h3-8,14-15H,9-13H2,1-2H3,(H,25,28). The highest BCUT2D eigenvalue weighted by Gasteiger charge is 2.24. The zero-order valence-electron chi connectivity index (χ0n) is 16.6. The summed E-state index contributed by atoms with van der Waals surface area (Å²) in [6, 6.07) is 13.2. The van der Waals surface area contributed by atoms with E-state index >= 15 is 0 Å². The maximum Gasteiger partial charge on any atom is 0.228 e. The number of piperazine rings is 1. The Bertz CT molecular complexity index is 878. The van der Waals surface area contributed by atoms with Gasteiger partial charge in [-0.15, -0.1) is 0 Å². The first-order chi connectivity index (χ1) is 13.8. The van der Waals surface area contributed by atoms with Gasteiger partial charge in [0.25, 0.3) is 0 Å². The van der Waals surface area contributed by atoms with Gasteiger partial charge in [0.2, 0.25) is 11.8 Å². The zero-order valence-corrected chi connectivity index (χ0v) is 19.0. The molecule has 1 N–H and O–H groups in total. The highest BCUT2D eigenvalue weighted by atomic mass is 79.9. The van der Waals surface area contributed by atoms with E-state index in [1.165, 1.54) is 0 Å². The van der Waals surface area contributed by atoms with Crippen LogP contribution in [0.5, 0.6) is 0 Å². The molecule has 5 nitrogen and oxygen atoms in total. The van der Waals surface area contributed by atoms with Crippen LogP contribution < -0.4 is 10.2 Å². The average Bonchev–Trinajstić information content (AvgIpc) is 2.69. The molecule has 2 aromatic carbocycles. The summed E-state index contributed by atoms with van der Waals surface area (Å²) >= 11 is 9.59. The first-order valence-electron chi connectivity index (χ1n) is 9.71. The number of hydrogen-bond donors (Lipinski definition) is 1.